The lowest BCUT2D eigenvalue weighted by atomic mass is 10.2. The minimum Gasteiger partial charge on any atom is -0.464 e. The van der Waals surface area contributed by atoms with Gasteiger partial charge >= 0.3 is 5.97 Å². The molecule has 2 heterocycles. The molecule has 0 atom stereocenters. The second kappa shape index (κ2) is 6.94. The van der Waals surface area contributed by atoms with E-state index in [1.807, 2.05) is 48.8 Å². The van der Waals surface area contributed by atoms with E-state index in [1.165, 1.54) is 7.11 Å². The van der Waals surface area contributed by atoms with Gasteiger partial charge in [-0.2, -0.15) is 0 Å². The van der Waals surface area contributed by atoms with Crippen molar-refractivity contribution in [2.75, 3.05) is 7.11 Å². The van der Waals surface area contributed by atoms with E-state index >= 15 is 0 Å². The third kappa shape index (κ3) is 3.35. The quantitative estimate of drug-likeness (QED) is 0.807. The van der Waals surface area contributed by atoms with Gasteiger partial charge in [-0.3, -0.25) is 0 Å². The first-order valence-corrected chi connectivity index (χ1v) is 6.00. The predicted molar refractivity (Wildman–Crippen MR) is 75.9 cm³/mol. The Bertz CT molecular complexity index is 655. The van der Waals surface area contributed by atoms with Crippen molar-refractivity contribution in [2.45, 2.75) is 0 Å². The molecule has 5 heteroatoms. The SMILES string of the molecule is C1=CC=CNC=C1.COC(=O)c1noc2ccccc12. The number of para-hydroxylation sites is 1. The van der Waals surface area contributed by atoms with Crippen LogP contribution in [0, 0.1) is 0 Å². The number of nitrogens with zero attached hydrogens (tertiary/aromatic N) is 1. The van der Waals surface area contributed by atoms with Crippen molar-refractivity contribution in [3.05, 3.63) is 66.7 Å². The number of nitrogens with one attached hydrogen (secondary N) is 1. The standard InChI is InChI=1S/C9H7NO3.C6H7N/c1-12-9(11)8-6-4-2-3-5-7(6)13-10-8;1-2-4-6-7-5-3-1/h2-5H,1H3;1-7H. The number of ether oxygens (including phenoxy) is 1. The van der Waals surface area contributed by atoms with E-state index < -0.39 is 5.97 Å². The van der Waals surface area contributed by atoms with Gasteiger partial charge in [-0.25, -0.2) is 4.79 Å². The van der Waals surface area contributed by atoms with Gasteiger partial charge in [-0.15, -0.1) is 0 Å². The molecule has 1 aromatic heterocycles. The van der Waals surface area contributed by atoms with Gasteiger partial charge in [0.1, 0.15) is 0 Å². The third-order valence-corrected chi connectivity index (χ3v) is 2.47. The van der Waals surface area contributed by atoms with Crippen LogP contribution in [0.3, 0.4) is 0 Å². The molecule has 0 aliphatic carbocycles. The molecule has 0 bridgehead atoms. The van der Waals surface area contributed by atoms with Crippen LogP contribution in [0.15, 0.2) is 65.5 Å². The Balaban J connectivity index is 0.000000178. The summed E-state index contributed by atoms with van der Waals surface area (Å²) in [6.07, 6.45) is 11.6. The van der Waals surface area contributed by atoms with Crippen molar-refractivity contribution in [3.63, 3.8) is 0 Å². The number of benzene rings is 1. The van der Waals surface area contributed by atoms with Crippen LogP contribution in [0.25, 0.3) is 11.0 Å². The first-order chi connectivity index (χ1) is 9.83. The van der Waals surface area contributed by atoms with Gasteiger partial charge in [0, 0.05) is 12.4 Å². The molecule has 1 aliphatic rings. The minimum atomic E-state index is -0.482. The monoisotopic (exact) mass is 270 g/mol. The number of hydrogen-bond acceptors (Lipinski definition) is 5. The fourth-order valence-electron chi connectivity index (χ4n) is 1.54. The van der Waals surface area contributed by atoms with Crippen molar-refractivity contribution >= 4 is 16.9 Å². The van der Waals surface area contributed by atoms with Crippen molar-refractivity contribution in [3.8, 4) is 0 Å². The van der Waals surface area contributed by atoms with Crippen LogP contribution in [-0.4, -0.2) is 18.2 Å². The van der Waals surface area contributed by atoms with Crippen LogP contribution in [0.1, 0.15) is 10.5 Å². The van der Waals surface area contributed by atoms with Gasteiger partial charge in [-0.1, -0.05) is 29.4 Å². The summed E-state index contributed by atoms with van der Waals surface area (Å²) in [5, 5.41) is 7.22. The Hall–Kier alpha value is -2.82. The molecule has 0 saturated heterocycles. The zero-order valence-corrected chi connectivity index (χ0v) is 10.9. The summed E-state index contributed by atoms with van der Waals surface area (Å²) in [7, 11) is 1.31. The summed E-state index contributed by atoms with van der Waals surface area (Å²) >= 11 is 0. The highest BCUT2D eigenvalue weighted by atomic mass is 16.5. The number of carbonyl (C=O) groups excluding carboxylic acids is 1. The number of methoxy groups -OCH3 is 1. The molecule has 102 valence electrons. The molecule has 1 aliphatic heterocycles. The lowest BCUT2D eigenvalue weighted by Crippen LogP contribution is -2.01. The summed E-state index contributed by atoms with van der Waals surface area (Å²) in [6.45, 7) is 0. The molecular weight excluding hydrogens is 256 g/mol. The molecule has 0 radical (unpaired) electrons. The lowest BCUT2D eigenvalue weighted by Gasteiger charge is -1.91. The fourth-order valence-corrected chi connectivity index (χ4v) is 1.54. The Morgan fingerprint density at radius 3 is 2.55 bits per heavy atom. The largest absolute Gasteiger partial charge is 0.464 e. The lowest BCUT2D eigenvalue weighted by molar-refractivity contribution is 0.0591. The molecule has 3 rings (SSSR count). The zero-order valence-electron chi connectivity index (χ0n) is 10.9. The molecule has 0 unspecified atom stereocenters. The normalized spacial score (nSPS) is 12.2. The van der Waals surface area contributed by atoms with Crippen LogP contribution in [-0.2, 0) is 4.74 Å². The first kappa shape index (κ1) is 13.6. The van der Waals surface area contributed by atoms with E-state index in [-0.39, 0.29) is 5.69 Å². The maximum atomic E-state index is 11.1. The summed E-state index contributed by atoms with van der Waals surface area (Å²) in [5.41, 5.74) is 0.806. The zero-order chi connectivity index (χ0) is 14.2. The predicted octanol–water partition coefficient (Wildman–Crippen LogP) is 2.79. The van der Waals surface area contributed by atoms with Crippen molar-refractivity contribution in [1.29, 1.82) is 0 Å². The number of allylic oxidation sites excluding steroid dienone is 4. The van der Waals surface area contributed by atoms with E-state index in [0.29, 0.717) is 11.0 Å². The van der Waals surface area contributed by atoms with Crippen molar-refractivity contribution < 1.29 is 14.1 Å². The maximum Gasteiger partial charge on any atom is 0.360 e. The molecular formula is C15H14N2O3. The number of aromatic nitrogens is 1. The van der Waals surface area contributed by atoms with Crippen molar-refractivity contribution in [1.82, 2.24) is 10.5 Å². The van der Waals surface area contributed by atoms with E-state index in [9.17, 15) is 4.79 Å². The molecule has 0 saturated carbocycles. The first-order valence-electron chi connectivity index (χ1n) is 6.00. The fraction of sp³-hybridized carbons (Fsp3) is 0.0667. The Kier molecular flexibility index (Phi) is 4.72. The molecule has 1 N–H and O–H groups in total. The highest BCUT2D eigenvalue weighted by molar-refractivity contribution is 6.00. The maximum absolute atomic E-state index is 11.1. The van der Waals surface area contributed by atoms with Gasteiger partial charge < -0.3 is 14.6 Å². The van der Waals surface area contributed by atoms with Gasteiger partial charge in [0.25, 0.3) is 0 Å². The Morgan fingerprint density at radius 2 is 1.85 bits per heavy atom. The summed E-state index contributed by atoms with van der Waals surface area (Å²) in [5.74, 6) is -0.482. The topological polar surface area (TPSA) is 64.4 Å². The van der Waals surface area contributed by atoms with E-state index in [0.717, 1.165) is 0 Å². The summed E-state index contributed by atoms with van der Waals surface area (Å²) in [4.78, 5) is 11.1. The van der Waals surface area contributed by atoms with E-state index in [1.54, 1.807) is 12.1 Å². The van der Waals surface area contributed by atoms with Crippen LogP contribution in [0.4, 0.5) is 0 Å². The van der Waals surface area contributed by atoms with Crippen LogP contribution < -0.4 is 5.32 Å². The second-order valence-corrected chi connectivity index (χ2v) is 3.79. The number of rotatable bonds is 1. The average Bonchev–Trinajstić information content (AvgIpc) is 2.71. The van der Waals surface area contributed by atoms with Crippen LogP contribution in [0.5, 0.6) is 0 Å². The van der Waals surface area contributed by atoms with E-state index in [2.05, 4.69) is 15.2 Å². The van der Waals surface area contributed by atoms with Gasteiger partial charge in [0.2, 0.25) is 0 Å². The van der Waals surface area contributed by atoms with Gasteiger partial charge in [-0.05, 0) is 24.3 Å². The minimum absolute atomic E-state index is 0.220. The summed E-state index contributed by atoms with van der Waals surface area (Å²) < 4.78 is 9.46. The van der Waals surface area contributed by atoms with Crippen LogP contribution in [0.2, 0.25) is 0 Å². The van der Waals surface area contributed by atoms with Crippen molar-refractivity contribution in [2.24, 2.45) is 0 Å². The Labute approximate surface area is 116 Å². The molecule has 0 fully saturated rings. The third-order valence-electron chi connectivity index (χ3n) is 2.47. The molecule has 5 nitrogen and oxygen atoms in total. The van der Waals surface area contributed by atoms with Crippen LogP contribution >= 0.6 is 0 Å². The molecule has 0 amide bonds. The second-order valence-electron chi connectivity index (χ2n) is 3.79. The smallest absolute Gasteiger partial charge is 0.360 e. The average molecular weight is 270 g/mol. The summed E-state index contributed by atoms with van der Waals surface area (Å²) in [6, 6.07) is 7.13. The molecule has 0 spiro atoms. The molecule has 2 aromatic rings. The highest BCUT2D eigenvalue weighted by Gasteiger charge is 2.15. The number of hydrogen-bond donors (Lipinski definition) is 1. The number of carbonyl (C=O) groups is 1. The van der Waals surface area contributed by atoms with Gasteiger partial charge in [0.15, 0.2) is 11.3 Å². The number of fused-ring (bicyclic) bond motifs is 1. The van der Waals surface area contributed by atoms with Gasteiger partial charge in [0.05, 0.1) is 12.5 Å². The molecule has 1 aromatic carbocycles. The number of esters is 1. The molecule has 20 heavy (non-hydrogen) atoms. The highest BCUT2D eigenvalue weighted by Crippen LogP contribution is 2.17. The Morgan fingerprint density at radius 1 is 1.15 bits per heavy atom. The van der Waals surface area contributed by atoms with E-state index in [4.69, 9.17) is 4.52 Å².